The molecular formula is C19H29N3O4. The summed E-state index contributed by atoms with van der Waals surface area (Å²) < 4.78 is 10.5. The number of nitrogens with zero attached hydrogens (tertiary/aromatic N) is 2. The molecule has 7 nitrogen and oxygen atoms in total. The maximum atomic E-state index is 11.4. The van der Waals surface area contributed by atoms with Gasteiger partial charge in [0.05, 0.1) is 25.2 Å². The summed E-state index contributed by atoms with van der Waals surface area (Å²) in [5, 5.41) is 14.8. The zero-order valence-corrected chi connectivity index (χ0v) is 15.7. The van der Waals surface area contributed by atoms with Crippen molar-refractivity contribution in [2.45, 2.75) is 44.6 Å². The fraction of sp³-hybridized carbons (Fsp3) is 0.684. The lowest BCUT2D eigenvalue weighted by atomic mass is 10.0. The maximum Gasteiger partial charge on any atom is 0.296 e. The molecule has 1 aromatic carbocycles. The lowest BCUT2D eigenvalue weighted by Crippen LogP contribution is -2.41. The second-order valence-electron chi connectivity index (χ2n) is 7.35. The first-order valence-electron chi connectivity index (χ1n) is 9.50. The SMILES string of the molecule is COc1cc(NC2CCN(CC3CCCC3)CC2)c([N+](=O)[O-])cc1OC. The molecule has 7 heteroatoms. The van der Waals surface area contributed by atoms with Crippen LogP contribution in [0.3, 0.4) is 0 Å². The topological polar surface area (TPSA) is 76.9 Å². The van der Waals surface area contributed by atoms with Crippen molar-refractivity contribution in [1.29, 1.82) is 0 Å². The van der Waals surface area contributed by atoms with Crippen LogP contribution in [0, 0.1) is 16.0 Å². The Morgan fingerprint density at radius 3 is 2.31 bits per heavy atom. The predicted octanol–water partition coefficient (Wildman–Crippen LogP) is 3.68. The largest absolute Gasteiger partial charge is 0.493 e. The van der Waals surface area contributed by atoms with Gasteiger partial charge in [-0.05, 0) is 31.6 Å². The van der Waals surface area contributed by atoms with Gasteiger partial charge in [0.15, 0.2) is 11.5 Å². The fourth-order valence-electron chi connectivity index (χ4n) is 4.17. The standard InChI is InChI=1S/C19H29N3O4/c1-25-18-11-16(17(22(23)24)12-19(18)26-2)20-15-7-9-21(10-8-15)13-14-5-3-4-6-14/h11-12,14-15,20H,3-10,13H2,1-2H3. The number of likely N-dealkylation sites (tertiary alicyclic amines) is 1. The quantitative estimate of drug-likeness (QED) is 0.588. The third-order valence-corrected chi connectivity index (χ3v) is 5.64. The summed E-state index contributed by atoms with van der Waals surface area (Å²) in [5.74, 6) is 1.74. The van der Waals surface area contributed by atoms with Crippen molar-refractivity contribution in [2.24, 2.45) is 5.92 Å². The van der Waals surface area contributed by atoms with Crippen LogP contribution >= 0.6 is 0 Å². The number of nitro benzene ring substituents is 1. The number of ether oxygens (including phenoxy) is 2. The molecule has 0 radical (unpaired) electrons. The van der Waals surface area contributed by atoms with Crippen LogP contribution in [0.1, 0.15) is 38.5 Å². The average Bonchev–Trinajstić information content (AvgIpc) is 3.15. The van der Waals surface area contributed by atoms with E-state index in [0.717, 1.165) is 31.8 Å². The molecule has 0 aromatic heterocycles. The molecule has 1 saturated heterocycles. The van der Waals surface area contributed by atoms with Crippen LogP contribution in [-0.2, 0) is 0 Å². The van der Waals surface area contributed by atoms with E-state index >= 15 is 0 Å². The molecule has 0 unspecified atom stereocenters. The molecule has 144 valence electrons. The van der Waals surface area contributed by atoms with E-state index in [9.17, 15) is 10.1 Å². The number of methoxy groups -OCH3 is 2. The molecule has 1 aliphatic carbocycles. The van der Waals surface area contributed by atoms with Crippen LogP contribution in [0.4, 0.5) is 11.4 Å². The summed E-state index contributed by atoms with van der Waals surface area (Å²) >= 11 is 0. The fourth-order valence-corrected chi connectivity index (χ4v) is 4.17. The second-order valence-corrected chi connectivity index (χ2v) is 7.35. The summed E-state index contributed by atoms with van der Waals surface area (Å²) in [4.78, 5) is 13.6. The number of nitrogens with one attached hydrogen (secondary N) is 1. The zero-order chi connectivity index (χ0) is 18.5. The van der Waals surface area contributed by atoms with E-state index in [1.165, 1.54) is 52.5 Å². The molecule has 1 N–H and O–H groups in total. The Morgan fingerprint density at radius 2 is 1.73 bits per heavy atom. The Hall–Kier alpha value is -2.02. The van der Waals surface area contributed by atoms with Crippen LogP contribution in [0.2, 0.25) is 0 Å². The van der Waals surface area contributed by atoms with Crippen molar-refractivity contribution >= 4 is 11.4 Å². The van der Waals surface area contributed by atoms with Gasteiger partial charge in [-0.25, -0.2) is 0 Å². The first kappa shape index (κ1) is 18.8. The molecule has 0 bridgehead atoms. The molecule has 2 aliphatic rings. The van der Waals surface area contributed by atoms with Gasteiger partial charge in [0, 0.05) is 31.7 Å². The first-order valence-corrected chi connectivity index (χ1v) is 9.50. The van der Waals surface area contributed by atoms with E-state index < -0.39 is 0 Å². The maximum absolute atomic E-state index is 11.4. The van der Waals surface area contributed by atoms with Gasteiger partial charge >= 0.3 is 0 Å². The lowest BCUT2D eigenvalue weighted by molar-refractivity contribution is -0.384. The molecule has 1 aliphatic heterocycles. The Bertz CT molecular complexity index is 623. The number of hydrogen-bond acceptors (Lipinski definition) is 6. The van der Waals surface area contributed by atoms with Gasteiger partial charge in [-0.2, -0.15) is 0 Å². The highest BCUT2D eigenvalue weighted by atomic mass is 16.6. The molecule has 0 atom stereocenters. The summed E-state index contributed by atoms with van der Waals surface area (Å²) in [5.41, 5.74) is 0.526. The molecule has 0 spiro atoms. The van der Waals surface area contributed by atoms with Crippen molar-refractivity contribution in [2.75, 3.05) is 39.2 Å². The highest BCUT2D eigenvalue weighted by Crippen LogP contribution is 2.38. The first-order chi connectivity index (χ1) is 12.6. The van der Waals surface area contributed by atoms with Crippen LogP contribution in [-0.4, -0.2) is 49.7 Å². The minimum Gasteiger partial charge on any atom is -0.493 e. The Balaban J connectivity index is 1.62. The normalized spacial score (nSPS) is 19.5. The third-order valence-electron chi connectivity index (χ3n) is 5.64. The monoisotopic (exact) mass is 363 g/mol. The number of hydrogen-bond donors (Lipinski definition) is 1. The number of piperidine rings is 1. The third kappa shape index (κ3) is 4.38. The summed E-state index contributed by atoms with van der Waals surface area (Å²) in [7, 11) is 3.02. The van der Waals surface area contributed by atoms with Gasteiger partial charge in [0.2, 0.25) is 0 Å². The van der Waals surface area contributed by atoms with Crippen molar-refractivity contribution in [3.63, 3.8) is 0 Å². The van der Waals surface area contributed by atoms with Gasteiger partial charge in [-0.3, -0.25) is 10.1 Å². The molecule has 2 fully saturated rings. The van der Waals surface area contributed by atoms with Crippen LogP contribution < -0.4 is 14.8 Å². The van der Waals surface area contributed by atoms with E-state index in [1.54, 1.807) is 6.07 Å². The number of benzene rings is 1. The highest BCUT2D eigenvalue weighted by molar-refractivity contribution is 5.68. The second kappa shape index (κ2) is 8.58. The van der Waals surface area contributed by atoms with Crippen LogP contribution in [0.15, 0.2) is 12.1 Å². The Labute approximate surface area is 154 Å². The van der Waals surface area contributed by atoms with Crippen LogP contribution in [0.5, 0.6) is 11.5 Å². The zero-order valence-electron chi connectivity index (χ0n) is 15.7. The van der Waals surface area contributed by atoms with E-state index in [0.29, 0.717) is 17.2 Å². The van der Waals surface area contributed by atoms with Gasteiger partial charge in [0.25, 0.3) is 5.69 Å². The average molecular weight is 363 g/mol. The van der Waals surface area contributed by atoms with Gasteiger partial charge in [-0.15, -0.1) is 0 Å². The Kier molecular flexibility index (Phi) is 6.19. The molecule has 3 rings (SSSR count). The summed E-state index contributed by atoms with van der Waals surface area (Å²) in [6.45, 7) is 3.31. The smallest absolute Gasteiger partial charge is 0.296 e. The minimum absolute atomic E-state index is 0.0241. The van der Waals surface area contributed by atoms with Crippen molar-refractivity contribution in [1.82, 2.24) is 4.90 Å². The summed E-state index contributed by atoms with van der Waals surface area (Å²) in [6.07, 6.45) is 7.50. The molecule has 26 heavy (non-hydrogen) atoms. The molecule has 0 amide bonds. The number of rotatable bonds is 7. The molecule has 1 aromatic rings. The number of nitro groups is 1. The number of anilines is 1. The van der Waals surface area contributed by atoms with Crippen molar-refractivity contribution in [3.8, 4) is 11.5 Å². The van der Waals surface area contributed by atoms with E-state index in [-0.39, 0.29) is 16.7 Å². The van der Waals surface area contributed by atoms with E-state index in [2.05, 4.69) is 10.2 Å². The van der Waals surface area contributed by atoms with Crippen LogP contribution in [0.25, 0.3) is 0 Å². The van der Waals surface area contributed by atoms with E-state index in [1.807, 2.05) is 0 Å². The van der Waals surface area contributed by atoms with Crippen molar-refractivity contribution < 1.29 is 14.4 Å². The van der Waals surface area contributed by atoms with Gasteiger partial charge in [-0.1, -0.05) is 12.8 Å². The molecule has 1 heterocycles. The summed E-state index contributed by atoms with van der Waals surface area (Å²) in [6, 6.07) is 3.34. The van der Waals surface area contributed by atoms with Gasteiger partial charge in [0.1, 0.15) is 5.69 Å². The Morgan fingerprint density at radius 1 is 1.12 bits per heavy atom. The predicted molar refractivity (Wildman–Crippen MR) is 101 cm³/mol. The molecular weight excluding hydrogens is 334 g/mol. The minimum atomic E-state index is -0.375. The molecule has 1 saturated carbocycles. The van der Waals surface area contributed by atoms with Crippen molar-refractivity contribution in [3.05, 3.63) is 22.2 Å². The van der Waals surface area contributed by atoms with E-state index in [4.69, 9.17) is 9.47 Å². The lowest BCUT2D eigenvalue weighted by Gasteiger charge is -2.34. The highest BCUT2D eigenvalue weighted by Gasteiger charge is 2.26. The van der Waals surface area contributed by atoms with Gasteiger partial charge < -0.3 is 19.7 Å².